The predicted molar refractivity (Wildman–Crippen MR) is 65.8 cm³/mol. The van der Waals surface area contributed by atoms with Crippen LogP contribution in [0.1, 0.15) is 0 Å². The Kier molecular flexibility index (Phi) is 4.64. The van der Waals surface area contributed by atoms with Gasteiger partial charge >= 0.3 is 11.9 Å². The Morgan fingerprint density at radius 2 is 2.16 bits per heavy atom. The lowest BCUT2D eigenvalue weighted by Gasteiger charge is -2.33. The summed E-state index contributed by atoms with van der Waals surface area (Å²) in [6, 6.07) is 0. The molecule has 0 aromatic carbocycles. The van der Waals surface area contributed by atoms with Gasteiger partial charge < -0.3 is 26.0 Å². The van der Waals surface area contributed by atoms with Crippen LogP contribution in [0.15, 0.2) is 4.99 Å². The van der Waals surface area contributed by atoms with Crippen molar-refractivity contribution in [3.05, 3.63) is 0 Å². The summed E-state index contributed by atoms with van der Waals surface area (Å²) < 4.78 is 0. The van der Waals surface area contributed by atoms with Gasteiger partial charge in [0.15, 0.2) is 11.2 Å². The van der Waals surface area contributed by atoms with Crippen LogP contribution < -0.4 is 10.6 Å². The molecule has 0 aliphatic carbocycles. The van der Waals surface area contributed by atoms with E-state index in [0.717, 1.165) is 6.21 Å². The van der Waals surface area contributed by atoms with E-state index >= 15 is 0 Å². The lowest BCUT2D eigenvalue weighted by Crippen LogP contribution is -2.60. The SMILES string of the molecule is O=C(O)CNCC1(C(O)C(=O)O)C=NC(=S)NC1=O. The van der Waals surface area contributed by atoms with Crippen LogP contribution in [0.2, 0.25) is 0 Å². The largest absolute Gasteiger partial charge is 0.480 e. The van der Waals surface area contributed by atoms with Crippen LogP contribution in [0.25, 0.3) is 0 Å². The Balaban J connectivity index is 3.00. The summed E-state index contributed by atoms with van der Waals surface area (Å²) in [5, 5.41) is 31.3. The fourth-order valence-corrected chi connectivity index (χ4v) is 1.64. The van der Waals surface area contributed by atoms with E-state index in [4.69, 9.17) is 10.2 Å². The Hall–Kier alpha value is -1.91. The van der Waals surface area contributed by atoms with E-state index in [0.29, 0.717) is 0 Å². The molecule has 10 heteroatoms. The highest BCUT2D eigenvalue weighted by atomic mass is 32.1. The van der Waals surface area contributed by atoms with Crippen molar-refractivity contribution >= 4 is 41.4 Å². The molecule has 19 heavy (non-hydrogen) atoms. The van der Waals surface area contributed by atoms with Gasteiger partial charge in [-0.3, -0.25) is 9.59 Å². The van der Waals surface area contributed by atoms with Gasteiger partial charge in [0.25, 0.3) is 0 Å². The summed E-state index contributed by atoms with van der Waals surface area (Å²) in [7, 11) is 0. The van der Waals surface area contributed by atoms with Gasteiger partial charge in [0.05, 0.1) is 6.54 Å². The molecule has 1 aliphatic heterocycles. The Morgan fingerprint density at radius 1 is 1.53 bits per heavy atom. The summed E-state index contributed by atoms with van der Waals surface area (Å²) in [4.78, 5) is 36.7. The zero-order valence-corrected chi connectivity index (χ0v) is 10.3. The molecule has 1 amide bonds. The van der Waals surface area contributed by atoms with Crippen LogP contribution in [0.5, 0.6) is 0 Å². The maximum Gasteiger partial charge on any atom is 0.334 e. The molecule has 0 spiro atoms. The number of aliphatic hydroxyl groups excluding tert-OH is 1. The number of hydrogen-bond acceptors (Lipinski definition) is 6. The molecule has 0 aromatic heterocycles. The first-order valence-electron chi connectivity index (χ1n) is 5.03. The number of thiocarbonyl (C=S) groups is 1. The van der Waals surface area contributed by atoms with Gasteiger partial charge in [-0.15, -0.1) is 0 Å². The van der Waals surface area contributed by atoms with E-state index in [1.807, 2.05) is 0 Å². The first-order valence-corrected chi connectivity index (χ1v) is 5.44. The minimum Gasteiger partial charge on any atom is -0.480 e. The molecule has 0 fully saturated rings. The van der Waals surface area contributed by atoms with E-state index in [1.165, 1.54) is 0 Å². The molecular weight excluding hydrogens is 278 g/mol. The molecular formula is C9H11N3O6S. The number of carboxylic acids is 2. The van der Waals surface area contributed by atoms with E-state index in [2.05, 4.69) is 27.8 Å². The highest BCUT2D eigenvalue weighted by molar-refractivity contribution is 7.80. The highest BCUT2D eigenvalue weighted by Gasteiger charge is 2.49. The third-order valence-electron chi connectivity index (χ3n) is 2.47. The van der Waals surface area contributed by atoms with Crippen LogP contribution in [0.4, 0.5) is 0 Å². The normalized spacial score (nSPS) is 23.8. The molecule has 1 aliphatic rings. The summed E-state index contributed by atoms with van der Waals surface area (Å²) in [5.41, 5.74) is -1.91. The number of amides is 1. The van der Waals surface area contributed by atoms with Gasteiger partial charge in [-0.2, -0.15) is 0 Å². The fraction of sp³-hybridized carbons (Fsp3) is 0.444. The molecule has 9 nitrogen and oxygen atoms in total. The topological polar surface area (TPSA) is 148 Å². The van der Waals surface area contributed by atoms with Gasteiger partial charge in [-0.25, -0.2) is 9.79 Å². The monoisotopic (exact) mass is 289 g/mol. The average Bonchev–Trinajstić information content (AvgIpc) is 2.31. The van der Waals surface area contributed by atoms with Crippen molar-refractivity contribution in [2.45, 2.75) is 6.10 Å². The van der Waals surface area contributed by atoms with Crippen LogP contribution in [-0.4, -0.2) is 63.7 Å². The van der Waals surface area contributed by atoms with Crippen LogP contribution in [0, 0.1) is 5.41 Å². The summed E-state index contributed by atoms with van der Waals surface area (Å²) in [6.45, 7) is -0.912. The molecule has 2 atom stereocenters. The number of carbonyl (C=O) groups is 3. The number of hydrogen-bond donors (Lipinski definition) is 5. The number of nitrogens with one attached hydrogen (secondary N) is 2. The number of carboxylic acid groups (broad SMARTS) is 2. The number of rotatable bonds is 6. The van der Waals surface area contributed by atoms with Gasteiger partial charge in [0, 0.05) is 12.8 Å². The minimum absolute atomic E-state index is 0.156. The van der Waals surface area contributed by atoms with Crippen LogP contribution in [0.3, 0.4) is 0 Å². The lowest BCUT2D eigenvalue weighted by atomic mass is 9.81. The fourth-order valence-electron chi connectivity index (χ4n) is 1.49. The second-order valence-corrected chi connectivity index (χ2v) is 4.18. The number of aliphatic imine (C=N–C) groups is 1. The van der Waals surface area contributed by atoms with E-state index in [1.54, 1.807) is 0 Å². The van der Waals surface area contributed by atoms with Gasteiger partial charge in [-0.05, 0) is 12.2 Å². The third kappa shape index (κ3) is 3.30. The van der Waals surface area contributed by atoms with Crippen molar-refractivity contribution in [2.75, 3.05) is 13.1 Å². The third-order valence-corrected chi connectivity index (χ3v) is 2.68. The van der Waals surface area contributed by atoms with E-state index in [9.17, 15) is 19.5 Å². The molecule has 0 radical (unpaired) electrons. The molecule has 104 valence electrons. The lowest BCUT2D eigenvalue weighted by molar-refractivity contribution is -0.156. The van der Waals surface area contributed by atoms with Crippen LogP contribution in [-0.2, 0) is 14.4 Å². The zero-order chi connectivity index (χ0) is 14.6. The molecule has 0 saturated carbocycles. The van der Waals surface area contributed by atoms with Crippen molar-refractivity contribution in [1.82, 2.24) is 10.6 Å². The molecule has 0 bridgehead atoms. The summed E-state index contributed by atoms with van der Waals surface area (Å²) in [5.74, 6) is -3.68. The molecule has 0 saturated heterocycles. The summed E-state index contributed by atoms with van der Waals surface area (Å²) in [6.07, 6.45) is -1.16. The summed E-state index contributed by atoms with van der Waals surface area (Å²) >= 11 is 4.62. The number of aliphatic carboxylic acids is 2. The smallest absolute Gasteiger partial charge is 0.334 e. The molecule has 2 unspecified atom stereocenters. The molecule has 1 heterocycles. The molecule has 0 aromatic rings. The van der Waals surface area contributed by atoms with Crippen molar-refractivity contribution in [3.8, 4) is 0 Å². The van der Waals surface area contributed by atoms with Crippen molar-refractivity contribution < 1.29 is 29.7 Å². The first kappa shape index (κ1) is 15.1. The van der Waals surface area contributed by atoms with E-state index < -0.39 is 42.5 Å². The van der Waals surface area contributed by atoms with Gasteiger partial charge in [-0.1, -0.05) is 0 Å². The van der Waals surface area contributed by atoms with Gasteiger partial charge in [0.2, 0.25) is 5.91 Å². The number of carbonyl (C=O) groups excluding carboxylic acids is 1. The predicted octanol–water partition coefficient (Wildman–Crippen LogP) is -2.42. The minimum atomic E-state index is -2.08. The highest BCUT2D eigenvalue weighted by Crippen LogP contribution is 2.23. The van der Waals surface area contributed by atoms with E-state index in [-0.39, 0.29) is 5.11 Å². The Morgan fingerprint density at radius 3 is 2.63 bits per heavy atom. The zero-order valence-electron chi connectivity index (χ0n) is 9.49. The maximum atomic E-state index is 11.8. The average molecular weight is 289 g/mol. The number of nitrogens with zero attached hydrogens (tertiary/aromatic N) is 1. The Bertz CT molecular complexity index is 465. The van der Waals surface area contributed by atoms with Gasteiger partial charge in [0.1, 0.15) is 5.41 Å². The number of aliphatic hydroxyl groups is 1. The van der Waals surface area contributed by atoms with Crippen molar-refractivity contribution in [3.63, 3.8) is 0 Å². The second-order valence-electron chi connectivity index (χ2n) is 3.80. The molecule has 1 rings (SSSR count). The van der Waals surface area contributed by atoms with Crippen molar-refractivity contribution in [2.24, 2.45) is 10.4 Å². The first-order chi connectivity index (χ1) is 8.79. The Labute approximate surface area is 112 Å². The molecule has 5 N–H and O–H groups in total. The van der Waals surface area contributed by atoms with Crippen molar-refractivity contribution in [1.29, 1.82) is 0 Å². The second kappa shape index (κ2) is 5.82. The quantitative estimate of drug-likeness (QED) is 0.339. The standard InChI is InChI=1S/C9H11N3O6S/c13-4(14)1-10-2-9(5(15)6(16)17)3-11-8(19)12-7(9)18/h3,5,10,15H,1-2H2,(H,13,14)(H,16,17)(H,12,18,19). The van der Waals surface area contributed by atoms with Crippen LogP contribution >= 0.6 is 12.2 Å². The maximum absolute atomic E-state index is 11.8.